The maximum Gasteiger partial charge on any atom is 0.409 e. The van der Waals surface area contributed by atoms with Gasteiger partial charge in [0.2, 0.25) is 0 Å². The maximum atomic E-state index is 13.0. The van der Waals surface area contributed by atoms with Crippen LogP contribution in [0.25, 0.3) is 17.1 Å². The molecule has 1 aliphatic rings. The van der Waals surface area contributed by atoms with Crippen molar-refractivity contribution < 1.29 is 14.3 Å². The van der Waals surface area contributed by atoms with Crippen molar-refractivity contribution in [3.8, 4) is 17.1 Å². The monoisotopic (exact) mass is 602 g/mol. The van der Waals surface area contributed by atoms with Crippen molar-refractivity contribution in [2.24, 2.45) is 0 Å². The first-order valence-corrected chi connectivity index (χ1v) is 14.8. The molecule has 1 aliphatic heterocycles. The van der Waals surface area contributed by atoms with Crippen molar-refractivity contribution in [2.45, 2.75) is 17.8 Å². The van der Waals surface area contributed by atoms with Gasteiger partial charge in [0, 0.05) is 37.1 Å². The van der Waals surface area contributed by atoms with E-state index in [2.05, 4.69) is 15.2 Å². The average Bonchev–Trinajstić information content (AvgIpc) is 3.60. The van der Waals surface area contributed by atoms with Crippen LogP contribution in [0.1, 0.15) is 22.4 Å². The summed E-state index contributed by atoms with van der Waals surface area (Å²) in [7, 11) is 0. The Morgan fingerprint density at radius 3 is 2.38 bits per heavy atom. The number of piperazine rings is 1. The average molecular weight is 604 g/mol. The van der Waals surface area contributed by atoms with E-state index in [0.717, 1.165) is 16.3 Å². The lowest BCUT2D eigenvalue weighted by Gasteiger charge is -2.33. The van der Waals surface area contributed by atoms with Crippen molar-refractivity contribution in [1.29, 1.82) is 0 Å². The number of benzene rings is 2. The second kappa shape index (κ2) is 12.4. The number of amides is 2. The third kappa shape index (κ3) is 6.06. The fourth-order valence-corrected chi connectivity index (χ4v) is 6.27. The molecule has 3 heterocycles. The van der Waals surface area contributed by atoms with E-state index in [-0.39, 0.29) is 12.0 Å². The predicted molar refractivity (Wildman–Crippen MR) is 153 cm³/mol. The number of hydrogen-bond donors (Lipinski definition) is 0. The van der Waals surface area contributed by atoms with Gasteiger partial charge in [-0.25, -0.2) is 9.78 Å². The number of carbonyl (C=O) groups is 2. The summed E-state index contributed by atoms with van der Waals surface area (Å²) in [4.78, 5) is 32.9. The van der Waals surface area contributed by atoms with Gasteiger partial charge in [-0.1, -0.05) is 59.2 Å². The Hall–Kier alpha value is -3.12. The van der Waals surface area contributed by atoms with Gasteiger partial charge in [0.15, 0.2) is 11.0 Å². The highest BCUT2D eigenvalue weighted by Gasteiger charge is 2.27. The lowest BCUT2D eigenvalue weighted by molar-refractivity contribution is 0.0566. The molecule has 2 aromatic carbocycles. The van der Waals surface area contributed by atoms with Gasteiger partial charge >= 0.3 is 6.09 Å². The van der Waals surface area contributed by atoms with E-state index >= 15 is 0 Å². The van der Waals surface area contributed by atoms with Crippen molar-refractivity contribution in [3.63, 3.8) is 0 Å². The highest BCUT2D eigenvalue weighted by molar-refractivity contribution is 7.98. The normalized spacial score (nSPS) is 13.5. The molecule has 13 heteroatoms. The number of halogens is 2. The minimum Gasteiger partial charge on any atom is -0.450 e. The number of thioether (sulfide) groups is 1. The van der Waals surface area contributed by atoms with Crippen molar-refractivity contribution in [2.75, 3.05) is 32.8 Å². The Balaban J connectivity index is 1.31. The topological polar surface area (TPSA) is 93.5 Å². The number of hydrogen-bond acceptors (Lipinski definition) is 8. The zero-order valence-electron chi connectivity index (χ0n) is 20.9. The molecule has 9 nitrogen and oxygen atoms in total. The van der Waals surface area contributed by atoms with Gasteiger partial charge in [0.1, 0.15) is 10.7 Å². The van der Waals surface area contributed by atoms with Crippen LogP contribution in [0.5, 0.6) is 0 Å². The van der Waals surface area contributed by atoms with Crippen LogP contribution < -0.4 is 0 Å². The zero-order chi connectivity index (χ0) is 27.4. The third-order valence-corrected chi connectivity index (χ3v) is 8.65. The van der Waals surface area contributed by atoms with Gasteiger partial charge in [-0.3, -0.25) is 9.36 Å². The van der Waals surface area contributed by atoms with Crippen LogP contribution in [0.2, 0.25) is 10.0 Å². The lowest BCUT2D eigenvalue weighted by atomic mass is 10.2. The number of para-hydroxylation sites is 1. The molecule has 2 amide bonds. The number of nitrogens with zero attached hydrogens (tertiary/aromatic N) is 6. The molecule has 0 saturated carbocycles. The molecule has 1 saturated heterocycles. The van der Waals surface area contributed by atoms with E-state index in [9.17, 15) is 9.59 Å². The summed E-state index contributed by atoms with van der Waals surface area (Å²) in [6.45, 7) is 3.84. The molecule has 2 aromatic heterocycles. The molecule has 0 spiro atoms. The predicted octanol–water partition coefficient (Wildman–Crippen LogP) is 5.90. The number of carbonyl (C=O) groups excluding carboxylic acids is 2. The summed E-state index contributed by atoms with van der Waals surface area (Å²) in [5.74, 6) is 0.916. The van der Waals surface area contributed by atoms with Crippen LogP contribution in [0.15, 0.2) is 59.1 Å². The van der Waals surface area contributed by atoms with E-state index < -0.39 is 0 Å². The highest BCUT2D eigenvalue weighted by Crippen LogP contribution is 2.35. The second-order valence-corrected chi connectivity index (χ2v) is 11.2. The van der Waals surface area contributed by atoms with Gasteiger partial charge in [-0.2, -0.15) is 0 Å². The van der Waals surface area contributed by atoms with E-state index in [1.54, 1.807) is 28.2 Å². The molecule has 39 heavy (non-hydrogen) atoms. The maximum absolute atomic E-state index is 13.0. The Labute approximate surface area is 243 Å². The Kier molecular flexibility index (Phi) is 8.71. The summed E-state index contributed by atoms with van der Waals surface area (Å²) in [5, 5.41) is 13.1. The molecule has 0 unspecified atom stereocenters. The quantitative estimate of drug-likeness (QED) is 0.243. The molecule has 0 bridgehead atoms. The van der Waals surface area contributed by atoms with Crippen LogP contribution in [0.4, 0.5) is 4.79 Å². The minimum absolute atomic E-state index is 0.147. The summed E-state index contributed by atoms with van der Waals surface area (Å²) < 4.78 is 6.94. The Morgan fingerprint density at radius 1 is 0.974 bits per heavy atom. The lowest BCUT2D eigenvalue weighted by Crippen LogP contribution is -2.50. The molecular formula is C26H24Cl2N6O3S2. The first-order chi connectivity index (χ1) is 19.0. The van der Waals surface area contributed by atoms with Crippen LogP contribution >= 0.6 is 46.3 Å². The summed E-state index contributed by atoms with van der Waals surface area (Å²) in [6.07, 6.45) is -0.347. The van der Waals surface area contributed by atoms with Gasteiger partial charge in [0.25, 0.3) is 5.91 Å². The van der Waals surface area contributed by atoms with E-state index in [4.69, 9.17) is 27.9 Å². The van der Waals surface area contributed by atoms with Crippen molar-refractivity contribution in [3.05, 3.63) is 74.7 Å². The molecule has 0 atom stereocenters. The Morgan fingerprint density at radius 2 is 1.67 bits per heavy atom. The summed E-state index contributed by atoms with van der Waals surface area (Å²) in [5.41, 5.74) is 1.87. The van der Waals surface area contributed by atoms with Gasteiger partial charge in [-0.05, 0) is 31.2 Å². The fraction of sp³-hybridized carbons (Fsp3) is 0.269. The first kappa shape index (κ1) is 27.4. The molecule has 4 aromatic rings. The summed E-state index contributed by atoms with van der Waals surface area (Å²) >= 11 is 15.9. The molecule has 0 aliphatic carbocycles. The standard InChI is InChI=1S/C26H24Cl2N6O3S2/c1-2-37-26(36)33-13-11-32(12-14-33)24(35)20-15-38-22(29-20)16-39-25-31-30-23(17-7-3-4-8-18(17)27)34(25)21-10-6-5-9-19(21)28/h3-10,15H,2,11-14,16H2,1H3. The van der Waals surface area contributed by atoms with E-state index in [1.165, 1.54) is 23.1 Å². The Bertz CT molecular complexity index is 1490. The molecule has 202 valence electrons. The zero-order valence-corrected chi connectivity index (χ0v) is 24.1. The summed E-state index contributed by atoms with van der Waals surface area (Å²) in [6, 6.07) is 14.9. The van der Waals surface area contributed by atoms with Gasteiger partial charge < -0.3 is 14.5 Å². The van der Waals surface area contributed by atoms with Gasteiger partial charge in [0.05, 0.1) is 28.1 Å². The number of thiazole rings is 1. The first-order valence-electron chi connectivity index (χ1n) is 12.2. The van der Waals surface area contributed by atoms with E-state index in [0.29, 0.717) is 65.3 Å². The van der Waals surface area contributed by atoms with E-state index in [1.807, 2.05) is 47.0 Å². The minimum atomic E-state index is -0.347. The second-order valence-electron chi connectivity index (χ2n) is 8.47. The highest BCUT2D eigenvalue weighted by atomic mass is 35.5. The van der Waals surface area contributed by atoms with Crippen molar-refractivity contribution in [1.82, 2.24) is 29.5 Å². The molecule has 1 fully saturated rings. The molecule has 0 radical (unpaired) electrons. The number of rotatable bonds is 7. The fourth-order valence-electron chi connectivity index (χ4n) is 4.10. The number of aromatic nitrogens is 4. The van der Waals surface area contributed by atoms with Gasteiger partial charge in [-0.15, -0.1) is 21.5 Å². The van der Waals surface area contributed by atoms with Crippen LogP contribution in [0.3, 0.4) is 0 Å². The third-order valence-electron chi connectivity index (χ3n) is 6.03. The van der Waals surface area contributed by atoms with Crippen LogP contribution in [0, 0.1) is 0 Å². The molecule has 0 N–H and O–H groups in total. The number of ether oxygens (including phenoxy) is 1. The van der Waals surface area contributed by atoms with Crippen molar-refractivity contribution >= 4 is 58.3 Å². The van der Waals surface area contributed by atoms with Crippen LogP contribution in [-0.4, -0.2) is 74.3 Å². The molecular weight excluding hydrogens is 579 g/mol. The SMILES string of the molecule is CCOC(=O)N1CCN(C(=O)c2csc(CSc3nnc(-c4ccccc4Cl)n3-c3ccccc3Cl)n2)CC1. The molecule has 5 rings (SSSR count). The smallest absolute Gasteiger partial charge is 0.409 e. The van der Waals surface area contributed by atoms with Crippen LogP contribution in [-0.2, 0) is 10.5 Å². The largest absolute Gasteiger partial charge is 0.450 e.